The van der Waals surface area contributed by atoms with Gasteiger partial charge in [-0.25, -0.2) is 0 Å². The molecular weight excluding hydrogens is 170 g/mol. The number of aryl methyl sites for hydroxylation is 1. The molecule has 1 heteroatoms. The zero-order valence-corrected chi connectivity index (χ0v) is 9.29. The number of rotatable bonds is 5. The maximum atomic E-state index is 5.54. The molecule has 0 fully saturated rings. The zero-order chi connectivity index (χ0) is 10.4. The number of hydrogen-bond donors (Lipinski definition) is 1. The lowest BCUT2D eigenvalue weighted by molar-refractivity contribution is 0.689. The van der Waals surface area contributed by atoms with Crippen molar-refractivity contribution in [3.63, 3.8) is 0 Å². The molecule has 0 spiro atoms. The van der Waals surface area contributed by atoms with Gasteiger partial charge in [0.1, 0.15) is 0 Å². The van der Waals surface area contributed by atoms with Crippen LogP contribution in [0.25, 0.3) is 0 Å². The third-order valence-electron chi connectivity index (χ3n) is 2.69. The molecule has 0 aromatic heterocycles. The molecule has 0 bridgehead atoms. The van der Waals surface area contributed by atoms with Gasteiger partial charge in [0.25, 0.3) is 0 Å². The summed E-state index contributed by atoms with van der Waals surface area (Å²) >= 11 is 0. The van der Waals surface area contributed by atoms with E-state index < -0.39 is 0 Å². The van der Waals surface area contributed by atoms with Crippen LogP contribution in [0.5, 0.6) is 0 Å². The van der Waals surface area contributed by atoms with Crippen LogP contribution in [-0.4, -0.2) is 6.54 Å². The summed E-state index contributed by atoms with van der Waals surface area (Å²) < 4.78 is 0. The van der Waals surface area contributed by atoms with E-state index in [0.717, 1.165) is 13.0 Å². The standard InChI is InChI=1S/C13H21N/c1-3-4-12-5-7-13(8-6-12)11(2)9-10-14/h5-8,11H,3-4,9-10,14H2,1-2H3. The molecule has 0 amide bonds. The van der Waals surface area contributed by atoms with Crippen molar-refractivity contribution in [2.45, 2.75) is 39.0 Å². The fraction of sp³-hybridized carbons (Fsp3) is 0.538. The molecule has 1 rings (SSSR count). The van der Waals surface area contributed by atoms with Crippen LogP contribution in [0, 0.1) is 0 Å². The molecule has 78 valence electrons. The summed E-state index contributed by atoms with van der Waals surface area (Å²) in [5, 5.41) is 0. The number of nitrogens with two attached hydrogens (primary N) is 1. The van der Waals surface area contributed by atoms with Crippen LogP contribution in [0.15, 0.2) is 24.3 Å². The fourth-order valence-electron chi connectivity index (χ4n) is 1.72. The van der Waals surface area contributed by atoms with E-state index in [1.54, 1.807) is 0 Å². The minimum atomic E-state index is 0.593. The van der Waals surface area contributed by atoms with Crippen LogP contribution in [0.4, 0.5) is 0 Å². The van der Waals surface area contributed by atoms with E-state index >= 15 is 0 Å². The van der Waals surface area contributed by atoms with Crippen LogP contribution in [0.1, 0.15) is 43.7 Å². The molecule has 0 saturated carbocycles. The summed E-state index contributed by atoms with van der Waals surface area (Å²) in [7, 11) is 0. The van der Waals surface area contributed by atoms with Crippen LogP contribution in [0.3, 0.4) is 0 Å². The van der Waals surface area contributed by atoms with Crippen LogP contribution in [0.2, 0.25) is 0 Å². The van der Waals surface area contributed by atoms with Gasteiger partial charge in [0, 0.05) is 0 Å². The first-order valence-electron chi connectivity index (χ1n) is 5.56. The van der Waals surface area contributed by atoms with Gasteiger partial charge in [-0.3, -0.25) is 0 Å². The first-order chi connectivity index (χ1) is 6.77. The maximum absolute atomic E-state index is 5.54. The predicted octanol–water partition coefficient (Wildman–Crippen LogP) is 3.09. The molecule has 0 aliphatic rings. The van der Waals surface area contributed by atoms with Crippen molar-refractivity contribution in [1.82, 2.24) is 0 Å². The summed E-state index contributed by atoms with van der Waals surface area (Å²) in [6.07, 6.45) is 3.48. The van der Waals surface area contributed by atoms with Crippen molar-refractivity contribution in [3.8, 4) is 0 Å². The molecule has 0 aliphatic carbocycles. The summed E-state index contributed by atoms with van der Waals surface area (Å²) in [6, 6.07) is 8.97. The molecule has 0 saturated heterocycles. The molecule has 2 N–H and O–H groups in total. The molecule has 1 atom stereocenters. The van der Waals surface area contributed by atoms with Crippen molar-refractivity contribution in [2.24, 2.45) is 5.73 Å². The maximum Gasteiger partial charge on any atom is -0.00715 e. The van der Waals surface area contributed by atoms with Gasteiger partial charge in [-0.1, -0.05) is 44.5 Å². The lowest BCUT2D eigenvalue weighted by atomic mass is 9.96. The second-order valence-corrected chi connectivity index (χ2v) is 3.97. The molecule has 1 unspecified atom stereocenters. The average Bonchev–Trinajstić information content (AvgIpc) is 2.20. The molecule has 1 nitrogen and oxygen atoms in total. The van der Waals surface area contributed by atoms with E-state index in [1.165, 1.54) is 24.0 Å². The van der Waals surface area contributed by atoms with Crippen molar-refractivity contribution in [1.29, 1.82) is 0 Å². The van der Waals surface area contributed by atoms with Crippen molar-refractivity contribution in [2.75, 3.05) is 6.54 Å². The monoisotopic (exact) mass is 191 g/mol. The lowest BCUT2D eigenvalue weighted by Crippen LogP contribution is -2.04. The van der Waals surface area contributed by atoms with Crippen LogP contribution >= 0.6 is 0 Å². The van der Waals surface area contributed by atoms with E-state index in [0.29, 0.717) is 5.92 Å². The van der Waals surface area contributed by atoms with Crippen molar-refractivity contribution >= 4 is 0 Å². The summed E-state index contributed by atoms with van der Waals surface area (Å²) in [5.41, 5.74) is 8.40. The van der Waals surface area contributed by atoms with Gasteiger partial charge in [-0.05, 0) is 36.4 Å². The highest BCUT2D eigenvalue weighted by Crippen LogP contribution is 2.18. The first-order valence-corrected chi connectivity index (χ1v) is 5.56. The molecule has 1 aromatic carbocycles. The Bertz CT molecular complexity index is 250. The predicted molar refractivity (Wildman–Crippen MR) is 62.5 cm³/mol. The summed E-state index contributed by atoms with van der Waals surface area (Å²) in [4.78, 5) is 0. The first kappa shape index (κ1) is 11.3. The fourth-order valence-corrected chi connectivity index (χ4v) is 1.72. The quantitative estimate of drug-likeness (QED) is 0.760. The van der Waals surface area contributed by atoms with Crippen molar-refractivity contribution < 1.29 is 0 Å². The highest BCUT2D eigenvalue weighted by atomic mass is 14.5. The molecule has 0 heterocycles. The smallest absolute Gasteiger partial charge is 0.00715 e. The SMILES string of the molecule is CCCc1ccc(C(C)CCN)cc1. The van der Waals surface area contributed by atoms with E-state index in [1.807, 2.05) is 0 Å². The molecule has 1 aromatic rings. The van der Waals surface area contributed by atoms with Gasteiger partial charge in [0.05, 0.1) is 0 Å². The van der Waals surface area contributed by atoms with Gasteiger partial charge in [-0.2, -0.15) is 0 Å². The van der Waals surface area contributed by atoms with E-state index in [-0.39, 0.29) is 0 Å². The molecule has 14 heavy (non-hydrogen) atoms. The molecule has 0 radical (unpaired) electrons. The summed E-state index contributed by atoms with van der Waals surface area (Å²) in [5.74, 6) is 0.593. The Morgan fingerprint density at radius 1 is 1.21 bits per heavy atom. The topological polar surface area (TPSA) is 26.0 Å². The Morgan fingerprint density at radius 3 is 2.36 bits per heavy atom. The van der Waals surface area contributed by atoms with Crippen LogP contribution < -0.4 is 5.73 Å². The van der Waals surface area contributed by atoms with Gasteiger partial charge in [0.2, 0.25) is 0 Å². The van der Waals surface area contributed by atoms with Crippen LogP contribution in [-0.2, 0) is 6.42 Å². The third-order valence-corrected chi connectivity index (χ3v) is 2.69. The minimum Gasteiger partial charge on any atom is -0.330 e. The Balaban J connectivity index is 2.62. The second kappa shape index (κ2) is 5.82. The Labute approximate surface area is 87.3 Å². The van der Waals surface area contributed by atoms with E-state index in [2.05, 4.69) is 38.1 Å². The van der Waals surface area contributed by atoms with Gasteiger partial charge in [0.15, 0.2) is 0 Å². The van der Waals surface area contributed by atoms with Gasteiger partial charge >= 0.3 is 0 Å². The third kappa shape index (κ3) is 3.15. The average molecular weight is 191 g/mol. The van der Waals surface area contributed by atoms with Crippen molar-refractivity contribution in [3.05, 3.63) is 35.4 Å². The molecule has 0 aliphatic heterocycles. The second-order valence-electron chi connectivity index (χ2n) is 3.97. The van der Waals surface area contributed by atoms with Gasteiger partial charge in [-0.15, -0.1) is 0 Å². The Kier molecular flexibility index (Phi) is 4.68. The molecular formula is C13H21N. The Morgan fingerprint density at radius 2 is 1.86 bits per heavy atom. The van der Waals surface area contributed by atoms with Gasteiger partial charge < -0.3 is 5.73 Å². The number of benzene rings is 1. The minimum absolute atomic E-state index is 0.593. The Hall–Kier alpha value is -0.820. The normalized spacial score (nSPS) is 12.8. The summed E-state index contributed by atoms with van der Waals surface area (Å²) in [6.45, 7) is 5.23. The largest absolute Gasteiger partial charge is 0.330 e. The number of hydrogen-bond acceptors (Lipinski definition) is 1. The van der Waals surface area contributed by atoms with E-state index in [9.17, 15) is 0 Å². The zero-order valence-electron chi connectivity index (χ0n) is 9.29. The van der Waals surface area contributed by atoms with E-state index in [4.69, 9.17) is 5.73 Å². The lowest BCUT2D eigenvalue weighted by Gasteiger charge is -2.10. The highest BCUT2D eigenvalue weighted by Gasteiger charge is 2.03. The highest BCUT2D eigenvalue weighted by molar-refractivity contribution is 5.25.